The third-order valence-corrected chi connectivity index (χ3v) is 11.4. The van der Waals surface area contributed by atoms with E-state index >= 15 is 0 Å². The first-order valence-corrected chi connectivity index (χ1v) is 19.1. The minimum Gasteiger partial charge on any atom is -0.364 e. The molecule has 2 unspecified atom stereocenters. The Bertz CT molecular complexity index is 2690. The van der Waals surface area contributed by atoms with Gasteiger partial charge in [-0.2, -0.15) is 0 Å². The van der Waals surface area contributed by atoms with Crippen LogP contribution in [0.5, 0.6) is 0 Å². The Hall–Kier alpha value is -6.64. The number of hydrogen-bond acceptors (Lipinski definition) is 2. The topological polar surface area (TPSA) is 6.48 Å². The van der Waals surface area contributed by atoms with E-state index < -0.39 is 0 Å². The van der Waals surface area contributed by atoms with Gasteiger partial charge >= 0.3 is 0 Å². The number of anilines is 4. The predicted octanol–water partition coefficient (Wildman–Crippen LogP) is 13.9. The van der Waals surface area contributed by atoms with Crippen molar-refractivity contribution in [3.8, 4) is 33.4 Å². The van der Waals surface area contributed by atoms with Crippen molar-refractivity contribution in [3.05, 3.63) is 206 Å². The van der Waals surface area contributed by atoms with Gasteiger partial charge in [-0.1, -0.05) is 152 Å². The van der Waals surface area contributed by atoms with Crippen molar-refractivity contribution >= 4 is 44.3 Å². The van der Waals surface area contributed by atoms with E-state index in [2.05, 4.69) is 217 Å². The highest BCUT2D eigenvalue weighted by Gasteiger charge is 2.36. The van der Waals surface area contributed by atoms with E-state index in [1.807, 2.05) is 0 Å². The number of allylic oxidation sites excluding steroid dienone is 2. The summed E-state index contributed by atoms with van der Waals surface area (Å²) in [5.41, 5.74) is 13.6. The van der Waals surface area contributed by atoms with Crippen LogP contribution in [0.25, 0.3) is 54.9 Å². The number of hydrogen-bond donors (Lipinski definition) is 0. The zero-order valence-corrected chi connectivity index (χ0v) is 30.3. The summed E-state index contributed by atoms with van der Waals surface area (Å²) in [6, 6.07) is 64.9. The molecule has 1 aliphatic heterocycles. The summed E-state index contributed by atoms with van der Waals surface area (Å²) in [6.45, 7) is 3.24. The van der Waals surface area contributed by atoms with E-state index in [4.69, 9.17) is 0 Å². The molecule has 0 bridgehead atoms. The van der Waals surface area contributed by atoms with E-state index in [0.717, 1.165) is 17.9 Å². The first-order valence-electron chi connectivity index (χ1n) is 19.1. The molecule has 8 aromatic rings. The summed E-state index contributed by atoms with van der Waals surface area (Å²) in [6.07, 6.45) is 9.10. The fourth-order valence-corrected chi connectivity index (χ4v) is 8.95. The Morgan fingerprint density at radius 2 is 0.981 bits per heavy atom. The molecule has 0 spiro atoms. The van der Waals surface area contributed by atoms with Gasteiger partial charge in [0.2, 0.25) is 0 Å². The molecular formula is C52H40N2. The van der Waals surface area contributed by atoms with Gasteiger partial charge in [0, 0.05) is 35.2 Å². The molecule has 0 N–H and O–H groups in total. The van der Waals surface area contributed by atoms with E-state index in [9.17, 15) is 0 Å². The molecule has 258 valence electrons. The smallest absolute Gasteiger partial charge is 0.0580 e. The maximum atomic E-state index is 2.53. The number of rotatable bonds is 7. The van der Waals surface area contributed by atoms with Crippen LogP contribution < -0.4 is 9.80 Å². The number of nitrogens with zero attached hydrogens (tertiary/aromatic N) is 2. The number of benzene rings is 8. The zero-order chi connectivity index (χ0) is 36.0. The van der Waals surface area contributed by atoms with Crippen molar-refractivity contribution in [1.29, 1.82) is 0 Å². The van der Waals surface area contributed by atoms with Crippen LogP contribution in [0.3, 0.4) is 0 Å². The number of likely N-dealkylation sites (N-methyl/N-ethyl adjacent to an activating group) is 1. The molecule has 2 heteroatoms. The van der Waals surface area contributed by atoms with Gasteiger partial charge < -0.3 is 9.80 Å². The zero-order valence-electron chi connectivity index (χ0n) is 30.3. The van der Waals surface area contributed by atoms with Gasteiger partial charge in [0.15, 0.2) is 0 Å². The van der Waals surface area contributed by atoms with Crippen molar-refractivity contribution in [2.45, 2.75) is 18.9 Å². The second-order valence-corrected chi connectivity index (χ2v) is 14.3. The largest absolute Gasteiger partial charge is 0.364 e. The Balaban J connectivity index is 1.10. The van der Waals surface area contributed by atoms with Crippen molar-refractivity contribution in [2.75, 3.05) is 16.3 Å². The Kier molecular flexibility index (Phi) is 7.95. The summed E-state index contributed by atoms with van der Waals surface area (Å²) in [7, 11) is 0. The van der Waals surface area contributed by atoms with Crippen molar-refractivity contribution in [2.24, 2.45) is 0 Å². The molecule has 0 saturated heterocycles. The standard InChI is InChI=1S/C52H40N2/c1-2-53-49-25-15-14-22-43(49)47-35-42(31-33-50(47)53)54(40-20-10-5-11-21-40)41-29-26-36(27-30-41)39-28-32-46-48(34-39)52(38-18-8-4-9-19-38)45-24-13-12-23-44(45)51(46)37-16-6-3-7-17-37/h3-35,43,49H,2H2,1H3. The molecule has 0 fully saturated rings. The van der Waals surface area contributed by atoms with Gasteiger partial charge in [0.05, 0.1) is 6.04 Å². The van der Waals surface area contributed by atoms with E-state index in [0.29, 0.717) is 12.0 Å². The van der Waals surface area contributed by atoms with E-state index in [1.165, 1.54) is 71.9 Å². The second kappa shape index (κ2) is 13.4. The van der Waals surface area contributed by atoms with Gasteiger partial charge in [0.25, 0.3) is 0 Å². The first kappa shape index (κ1) is 32.0. The van der Waals surface area contributed by atoms with E-state index in [-0.39, 0.29) is 0 Å². The summed E-state index contributed by atoms with van der Waals surface area (Å²) in [5.74, 6) is 0.359. The summed E-state index contributed by atoms with van der Waals surface area (Å²) in [5, 5.41) is 5.06. The molecule has 2 atom stereocenters. The molecule has 0 saturated carbocycles. The van der Waals surface area contributed by atoms with Crippen LogP contribution in [0.4, 0.5) is 22.7 Å². The minimum absolute atomic E-state index is 0.359. The lowest BCUT2D eigenvalue weighted by Gasteiger charge is -2.27. The van der Waals surface area contributed by atoms with Crippen molar-refractivity contribution < 1.29 is 0 Å². The molecule has 8 aromatic carbocycles. The molecule has 1 heterocycles. The van der Waals surface area contributed by atoms with Crippen LogP contribution in [-0.4, -0.2) is 12.6 Å². The fraction of sp³-hybridized carbons (Fsp3) is 0.0769. The lowest BCUT2D eigenvalue weighted by molar-refractivity contribution is 0.688. The SMILES string of the molecule is CCN1c2ccc(N(c3ccccc3)c3ccc(-c4ccc5c(-c6ccccc6)c6ccccc6c(-c6ccccc6)c5c4)cc3)cc2C2C=CC=CC21. The first-order chi connectivity index (χ1) is 26.8. The average molecular weight is 693 g/mol. The Labute approximate surface area is 317 Å². The lowest BCUT2D eigenvalue weighted by atomic mass is 9.85. The van der Waals surface area contributed by atoms with Gasteiger partial charge in [-0.05, 0) is 116 Å². The van der Waals surface area contributed by atoms with Crippen LogP contribution in [-0.2, 0) is 0 Å². The molecule has 10 rings (SSSR count). The third-order valence-electron chi connectivity index (χ3n) is 11.4. The van der Waals surface area contributed by atoms with Crippen LogP contribution in [0, 0.1) is 0 Å². The quantitative estimate of drug-likeness (QED) is 0.153. The highest BCUT2D eigenvalue weighted by molar-refractivity contribution is 6.22. The molecule has 1 aliphatic carbocycles. The average Bonchev–Trinajstić information content (AvgIpc) is 3.57. The van der Waals surface area contributed by atoms with Gasteiger partial charge in [-0.25, -0.2) is 0 Å². The van der Waals surface area contributed by atoms with Crippen LogP contribution in [0.2, 0.25) is 0 Å². The molecule has 0 aromatic heterocycles. The highest BCUT2D eigenvalue weighted by Crippen LogP contribution is 2.48. The normalized spacial score (nSPS) is 15.8. The molecule has 0 radical (unpaired) electrons. The molecule has 54 heavy (non-hydrogen) atoms. The maximum absolute atomic E-state index is 2.53. The maximum Gasteiger partial charge on any atom is 0.0580 e. The van der Waals surface area contributed by atoms with Crippen molar-refractivity contribution in [3.63, 3.8) is 0 Å². The summed E-state index contributed by atoms with van der Waals surface area (Å²) in [4.78, 5) is 4.92. The minimum atomic E-state index is 0.359. The highest BCUT2D eigenvalue weighted by atomic mass is 15.2. The number of fused-ring (bicyclic) bond motifs is 5. The molecular weight excluding hydrogens is 653 g/mol. The summed E-state index contributed by atoms with van der Waals surface area (Å²) < 4.78 is 0. The predicted molar refractivity (Wildman–Crippen MR) is 230 cm³/mol. The van der Waals surface area contributed by atoms with Crippen LogP contribution in [0.15, 0.2) is 200 Å². The monoisotopic (exact) mass is 692 g/mol. The Morgan fingerprint density at radius 3 is 1.65 bits per heavy atom. The van der Waals surface area contributed by atoms with Gasteiger partial charge in [-0.3, -0.25) is 0 Å². The van der Waals surface area contributed by atoms with Gasteiger partial charge in [0.1, 0.15) is 0 Å². The molecule has 2 aliphatic rings. The second-order valence-electron chi connectivity index (χ2n) is 14.3. The van der Waals surface area contributed by atoms with E-state index in [1.54, 1.807) is 0 Å². The molecule has 2 nitrogen and oxygen atoms in total. The fourth-order valence-electron chi connectivity index (χ4n) is 8.95. The van der Waals surface area contributed by atoms with Gasteiger partial charge in [-0.15, -0.1) is 0 Å². The van der Waals surface area contributed by atoms with Crippen LogP contribution >= 0.6 is 0 Å². The third kappa shape index (κ3) is 5.33. The number of para-hydroxylation sites is 1. The Morgan fingerprint density at radius 1 is 0.444 bits per heavy atom. The van der Waals surface area contributed by atoms with Crippen LogP contribution in [0.1, 0.15) is 18.4 Å². The lowest BCUT2D eigenvalue weighted by Crippen LogP contribution is -2.32. The molecule has 0 amide bonds. The van der Waals surface area contributed by atoms with Crippen molar-refractivity contribution in [1.82, 2.24) is 0 Å². The summed E-state index contributed by atoms with van der Waals surface area (Å²) >= 11 is 0.